The first-order valence-corrected chi connectivity index (χ1v) is 10.8. The first-order chi connectivity index (χ1) is 13.4. The molecule has 2 aromatic carbocycles. The molecule has 0 spiro atoms. The molecule has 1 aliphatic rings. The Labute approximate surface area is 165 Å². The van der Waals surface area contributed by atoms with Crippen LogP contribution in [-0.4, -0.2) is 52.0 Å². The molecule has 0 radical (unpaired) electrons. The lowest BCUT2D eigenvalue weighted by atomic mass is 10.1. The predicted molar refractivity (Wildman–Crippen MR) is 113 cm³/mol. The molecule has 0 bridgehead atoms. The van der Waals surface area contributed by atoms with Crippen LogP contribution in [0.2, 0.25) is 0 Å². The van der Waals surface area contributed by atoms with E-state index in [0.717, 1.165) is 59.5 Å². The number of nitrogens with one attached hydrogen (secondary N) is 1. The molecule has 0 unspecified atom stereocenters. The minimum atomic E-state index is -3.51. The number of aromatic amines is 1. The van der Waals surface area contributed by atoms with Crippen LogP contribution >= 0.6 is 0 Å². The quantitative estimate of drug-likeness (QED) is 0.711. The number of H-pyrrole nitrogens is 1. The molecular weight excluding hydrogens is 374 g/mol. The van der Waals surface area contributed by atoms with Crippen molar-refractivity contribution >= 4 is 26.6 Å². The number of nitrogens with zero attached hydrogens (tertiary/aromatic N) is 2. The van der Waals surface area contributed by atoms with E-state index in [1.54, 1.807) is 33.3 Å². The summed E-state index contributed by atoms with van der Waals surface area (Å²) in [6.45, 7) is 1.97. The van der Waals surface area contributed by atoms with Crippen LogP contribution in [0.25, 0.3) is 22.2 Å². The number of hydrogen-bond donors (Lipinski definition) is 1. The topological polar surface area (TPSA) is 65.6 Å². The summed E-state index contributed by atoms with van der Waals surface area (Å²) in [5.74, 6) is 0.782. The minimum Gasteiger partial charge on any atom is -0.497 e. The van der Waals surface area contributed by atoms with Crippen molar-refractivity contribution in [1.82, 2.24) is 9.29 Å². The zero-order valence-electron chi connectivity index (χ0n) is 16.4. The van der Waals surface area contributed by atoms with Crippen LogP contribution in [0.3, 0.4) is 0 Å². The lowest BCUT2D eigenvalue weighted by Gasteiger charge is -2.22. The summed E-state index contributed by atoms with van der Waals surface area (Å²) in [4.78, 5) is 6.07. The Morgan fingerprint density at radius 2 is 1.79 bits per heavy atom. The van der Waals surface area contributed by atoms with Gasteiger partial charge in [0.15, 0.2) is 0 Å². The maximum absolute atomic E-state index is 12.7. The number of hydrogen-bond acceptors (Lipinski definition) is 4. The molecule has 7 heteroatoms. The Morgan fingerprint density at radius 1 is 1.04 bits per heavy atom. The Bertz CT molecular complexity index is 1110. The standard InChI is InChI=1S/C21H25N3O3S/c1-23(2)28(25,26)17-8-9-21(24-10-4-5-11-24)18(14-17)20-12-15-6-7-16(27-3)13-19(15)22-20/h6-9,12-14,22H,4-5,10-11H2,1-3H3. The van der Waals surface area contributed by atoms with Gasteiger partial charge in [-0.05, 0) is 49.2 Å². The molecule has 1 N–H and O–H groups in total. The molecule has 3 aromatic rings. The summed E-state index contributed by atoms with van der Waals surface area (Å²) < 4.78 is 31.9. The number of fused-ring (bicyclic) bond motifs is 1. The molecule has 28 heavy (non-hydrogen) atoms. The van der Waals surface area contributed by atoms with Gasteiger partial charge in [-0.1, -0.05) is 0 Å². The van der Waals surface area contributed by atoms with Gasteiger partial charge < -0.3 is 14.6 Å². The number of rotatable bonds is 5. The third-order valence-corrected chi connectivity index (χ3v) is 7.12. The molecule has 0 aliphatic carbocycles. The zero-order valence-corrected chi connectivity index (χ0v) is 17.2. The van der Waals surface area contributed by atoms with Crippen LogP contribution in [-0.2, 0) is 10.0 Å². The van der Waals surface area contributed by atoms with Gasteiger partial charge in [0.25, 0.3) is 0 Å². The van der Waals surface area contributed by atoms with Gasteiger partial charge in [0.05, 0.1) is 12.0 Å². The van der Waals surface area contributed by atoms with Crippen molar-refractivity contribution in [3.05, 3.63) is 42.5 Å². The fourth-order valence-electron chi connectivity index (χ4n) is 3.71. The molecule has 2 heterocycles. The molecule has 4 rings (SSSR count). The third-order valence-electron chi connectivity index (χ3n) is 5.31. The average molecular weight is 400 g/mol. The van der Waals surface area contributed by atoms with Gasteiger partial charge in [0.2, 0.25) is 10.0 Å². The van der Waals surface area contributed by atoms with Crippen molar-refractivity contribution in [1.29, 1.82) is 0 Å². The second-order valence-corrected chi connectivity index (χ2v) is 9.45. The molecular formula is C21H25N3O3S. The van der Waals surface area contributed by atoms with Crippen molar-refractivity contribution in [3.8, 4) is 17.0 Å². The maximum atomic E-state index is 12.7. The van der Waals surface area contributed by atoms with Crippen LogP contribution in [0.4, 0.5) is 5.69 Å². The second-order valence-electron chi connectivity index (χ2n) is 7.30. The van der Waals surface area contributed by atoms with Crippen LogP contribution in [0.5, 0.6) is 5.75 Å². The highest BCUT2D eigenvalue weighted by atomic mass is 32.2. The van der Waals surface area contributed by atoms with Gasteiger partial charge in [-0.2, -0.15) is 0 Å². The van der Waals surface area contributed by atoms with Gasteiger partial charge in [0, 0.05) is 61.1 Å². The highest BCUT2D eigenvalue weighted by Crippen LogP contribution is 2.36. The molecule has 1 fully saturated rings. The number of benzene rings is 2. The zero-order chi connectivity index (χ0) is 19.9. The summed E-state index contributed by atoms with van der Waals surface area (Å²) in [6.07, 6.45) is 2.31. The summed E-state index contributed by atoms with van der Waals surface area (Å²) in [5, 5.41) is 1.06. The van der Waals surface area contributed by atoms with Crippen LogP contribution in [0.15, 0.2) is 47.4 Å². The van der Waals surface area contributed by atoms with Gasteiger partial charge in [-0.3, -0.25) is 0 Å². The van der Waals surface area contributed by atoms with Gasteiger partial charge in [-0.15, -0.1) is 0 Å². The molecule has 1 aliphatic heterocycles. The highest BCUT2D eigenvalue weighted by Gasteiger charge is 2.23. The van der Waals surface area contributed by atoms with E-state index in [9.17, 15) is 8.42 Å². The first kappa shape index (κ1) is 18.8. The van der Waals surface area contributed by atoms with Gasteiger partial charge in [-0.25, -0.2) is 12.7 Å². The van der Waals surface area contributed by atoms with Crippen molar-refractivity contribution in [2.75, 3.05) is 39.2 Å². The van der Waals surface area contributed by atoms with E-state index in [-0.39, 0.29) is 0 Å². The molecule has 0 atom stereocenters. The third kappa shape index (κ3) is 3.25. The van der Waals surface area contributed by atoms with Crippen LogP contribution in [0, 0.1) is 0 Å². The van der Waals surface area contributed by atoms with Crippen molar-refractivity contribution in [2.24, 2.45) is 0 Å². The number of aromatic nitrogens is 1. The molecule has 0 amide bonds. The lowest BCUT2D eigenvalue weighted by molar-refractivity contribution is 0.415. The van der Waals surface area contributed by atoms with Crippen LogP contribution in [0.1, 0.15) is 12.8 Å². The van der Waals surface area contributed by atoms with E-state index in [2.05, 4.69) is 16.0 Å². The molecule has 148 valence electrons. The number of methoxy groups -OCH3 is 1. The monoisotopic (exact) mass is 399 g/mol. The normalized spacial score (nSPS) is 14.9. The van der Waals surface area contributed by atoms with Crippen molar-refractivity contribution < 1.29 is 13.2 Å². The smallest absolute Gasteiger partial charge is 0.242 e. The predicted octanol–water partition coefficient (Wildman–Crippen LogP) is 3.69. The number of ether oxygens (including phenoxy) is 1. The van der Waals surface area contributed by atoms with E-state index in [0.29, 0.717) is 4.90 Å². The first-order valence-electron chi connectivity index (χ1n) is 9.39. The molecule has 0 saturated carbocycles. The van der Waals surface area contributed by atoms with E-state index in [4.69, 9.17) is 4.74 Å². The molecule has 6 nitrogen and oxygen atoms in total. The van der Waals surface area contributed by atoms with E-state index < -0.39 is 10.0 Å². The maximum Gasteiger partial charge on any atom is 0.242 e. The number of anilines is 1. The van der Waals surface area contributed by atoms with Gasteiger partial charge in [0.1, 0.15) is 5.75 Å². The van der Waals surface area contributed by atoms with Gasteiger partial charge >= 0.3 is 0 Å². The van der Waals surface area contributed by atoms with Crippen molar-refractivity contribution in [3.63, 3.8) is 0 Å². The Hall–Kier alpha value is -2.51. The Kier molecular flexibility index (Phi) is 4.81. The summed E-state index contributed by atoms with van der Waals surface area (Å²) in [7, 11) is 1.25. The SMILES string of the molecule is COc1ccc2cc(-c3cc(S(=O)(=O)N(C)C)ccc3N3CCCC3)[nH]c2c1. The van der Waals surface area contributed by atoms with E-state index >= 15 is 0 Å². The largest absolute Gasteiger partial charge is 0.497 e. The van der Waals surface area contributed by atoms with Crippen LogP contribution < -0.4 is 9.64 Å². The minimum absolute atomic E-state index is 0.298. The van der Waals surface area contributed by atoms with E-state index in [1.807, 2.05) is 24.3 Å². The fraction of sp³-hybridized carbons (Fsp3) is 0.333. The number of sulfonamides is 1. The molecule has 1 saturated heterocycles. The summed E-state index contributed by atoms with van der Waals surface area (Å²) >= 11 is 0. The summed E-state index contributed by atoms with van der Waals surface area (Å²) in [6, 6.07) is 13.4. The Morgan fingerprint density at radius 3 is 2.46 bits per heavy atom. The second kappa shape index (κ2) is 7.14. The highest BCUT2D eigenvalue weighted by molar-refractivity contribution is 7.89. The molecule has 1 aromatic heterocycles. The average Bonchev–Trinajstić information content (AvgIpc) is 3.36. The van der Waals surface area contributed by atoms with Crippen molar-refractivity contribution in [2.45, 2.75) is 17.7 Å². The summed E-state index contributed by atoms with van der Waals surface area (Å²) in [5.41, 5.74) is 3.83. The Balaban J connectivity index is 1.89. The van der Waals surface area contributed by atoms with E-state index in [1.165, 1.54) is 4.31 Å². The fourth-order valence-corrected chi connectivity index (χ4v) is 4.64. The lowest BCUT2D eigenvalue weighted by Crippen LogP contribution is -2.23.